The molecule has 0 aromatic heterocycles. The number of nitrogens with one attached hydrogen (secondary N) is 1. The van der Waals surface area contributed by atoms with Crippen LogP contribution in [0.2, 0.25) is 0 Å². The highest BCUT2D eigenvalue weighted by Gasteiger charge is 2.34. The van der Waals surface area contributed by atoms with Crippen molar-refractivity contribution < 1.29 is 0 Å². The molecule has 20 heavy (non-hydrogen) atoms. The van der Waals surface area contributed by atoms with Crippen LogP contribution in [-0.4, -0.2) is 6.04 Å². The summed E-state index contributed by atoms with van der Waals surface area (Å²) in [6.07, 6.45) is 6.50. The second-order valence-electron chi connectivity index (χ2n) is 7.16. The second-order valence-corrected chi connectivity index (χ2v) is 8.08. The van der Waals surface area contributed by atoms with Crippen molar-refractivity contribution in [2.75, 3.05) is 5.32 Å². The molecule has 1 aliphatic rings. The fourth-order valence-electron chi connectivity index (χ4n) is 3.54. The van der Waals surface area contributed by atoms with Gasteiger partial charge >= 0.3 is 0 Å². The van der Waals surface area contributed by atoms with E-state index >= 15 is 0 Å². The predicted molar refractivity (Wildman–Crippen MR) is 92.3 cm³/mol. The molecule has 1 fully saturated rings. The molecule has 0 heterocycles. The lowest BCUT2D eigenvalue weighted by atomic mass is 9.69. The molecule has 2 unspecified atom stereocenters. The van der Waals surface area contributed by atoms with Gasteiger partial charge in [0.2, 0.25) is 0 Å². The Bertz CT molecular complexity index is 447. The Kier molecular flexibility index (Phi) is 5.17. The first-order valence-electron chi connectivity index (χ1n) is 7.96. The van der Waals surface area contributed by atoms with E-state index in [9.17, 15) is 0 Å². The van der Waals surface area contributed by atoms with Gasteiger partial charge in [0.1, 0.15) is 0 Å². The van der Waals surface area contributed by atoms with Crippen LogP contribution in [0.5, 0.6) is 0 Å². The normalized spacial score (nSPS) is 23.6. The van der Waals surface area contributed by atoms with E-state index in [0.29, 0.717) is 11.5 Å². The fraction of sp³-hybridized carbons (Fsp3) is 0.667. The molecule has 0 radical (unpaired) electrons. The summed E-state index contributed by atoms with van der Waals surface area (Å²) in [6, 6.07) is 7.25. The van der Waals surface area contributed by atoms with Gasteiger partial charge in [0.15, 0.2) is 0 Å². The molecule has 2 heteroatoms. The number of aryl methyl sites for hydroxylation is 1. The van der Waals surface area contributed by atoms with Gasteiger partial charge in [-0.2, -0.15) is 0 Å². The lowest BCUT2D eigenvalue weighted by Crippen LogP contribution is -2.40. The molecule has 0 saturated heterocycles. The third-order valence-corrected chi connectivity index (χ3v) is 5.16. The molecule has 1 aromatic rings. The first kappa shape index (κ1) is 15.9. The Balaban J connectivity index is 2.19. The van der Waals surface area contributed by atoms with Crippen LogP contribution in [0.15, 0.2) is 22.7 Å². The van der Waals surface area contributed by atoms with Gasteiger partial charge in [-0.05, 0) is 54.4 Å². The Morgan fingerprint density at radius 2 is 1.90 bits per heavy atom. The molecule has 1 aliphatic carbocycles. The topological polar surface area (TPSA) is 12.0 Å². The highest BCUT2D eigenvalue weighted by molar-refractivity contribution is 9.10. The van der Waals surface area contributed by atoms with Crippen molar-refractivity contribution in [2.45, 2.75) is 65.8 Å². The molecular weight excluding hydrogens is 310 g/mol. The summed E-state index contributed by atoms with van der Waals surface area (Å²) in [4.78, 5) is 0. The number of anilines is 1. The minimum atomic E-state index is 0.389. The number of hydrogen-bond acceptors (Lipinski definition) is 1. The van der Waals surface area contributed by atoms with Crippen molar-refractivity contribution in [1.29, 1.82) is 0 Å². The summed E-state index contributed by atoms with van der Waals surface area (Å²) in [6.45, 7) is 9.40. The zero-order chi connectivity index (χ0) is 14.8. The summed E-state index contributed by atoms with van der Waals surface area (Å²) in [5.74, 6) is 0.768. The van der Waals surface area contributed by atoms with Crippen molar-refractivity contribution in [2.24, 2.45) is 11.3 Å². The average molecular weight is 338 g/mol. The van der Waals surface area contributed by atoms with Gasteiger partial charge in [0.05, 0.1) is 0 Å². The zero-order valence-corrected chi connectivity index (χ0v) is 14.9. The predicted octanol–water partition coefficient (Wildman–Crippen LogP) is 6.03. The van der Waals surface area contributed by atoms with E-state index in [-0.39, 0.29) is 0 Å². The van der Waals surface area contributed by atoms with E-state index in [0.717, 1.165) is 12.3 Å². The van der Waals surface area contributed by atoms with Crippen LogP contribution >= 0.6 is 15.9 Å². The molecule has 1 nitrogen and oxygen atoms in total. The lowest BCUT2D eigenvalue weighted by Gasteiger charge is -2.41. The van der Waals surface area contributed by atoms with Gasteiger partial charge < -0.3 is 5.32 Å². The Hall–Kier alpha value is -0.500. The molecule has 0 spiro atoms. The lowest BCUT2D eigenvalue weighted by molar-refractivity contribution is 0.163. The highest BCUT2D eigenvalue weighted by atomic mass is 79.9. The Morgan fingerprint density at radius 1 is 1.20 bits per heavy atom. The van der Waals surface area contributed by atoms with E-state index < -0.39 is 0 Å². The van der Waals surface area contributed by atoms with E-state index in [1.165, 1.54) is 41.4 Å². The second kappa shape index (κ2) is 6.51. The maximum absolute atomic E-state index is 3.86. The SMILES string of the molecule is CCc1cc(Br)ccc1NC1CCCCC1C(C)(C)C. The summed E-state index contributed by atoms with van der Waals surface area (Å²) in [5.41, 5.74) is 3.13. The van der Waals surface area contributed by atoms with Crippen molar-refractivity contribution >= 4 is 21.6 Å². The first-order valence-corrected chi connectivity index (χ1v) is 8.76. The van der Waals surface area contributed by atoms with Crippen LogP contribution < -0.4 is 5.32 Å². The Morgan fingerprint density at radius 3 is 2.55 bits per heavy atom. The zero-order valence-electron chi connectivity index (χ0n) is 13.3. The molecule has 2 rings (SSSR count). The van der Waals surface area contributed by atoms with Crippen LogP contribution in [-0.2, 0) is 6.42 Å². The van der Waals surface area contributed by atoms with Crippen molar-refractivity contribution in [1.82, 2.24) is 0 Å². The van der Waals surface area contributed by atoms with E-state index in [1.54, 1.807) is 0 Å². The monoisotopic (exact) mass is 337 g/mol. The van der Waals surface area contributed by atoms with Gasteiger partial charge in [-0.25, -0.2) is 0 Å². The van der Waals surface area contributed by atoms with Crippen LogP contribution in [0, 0.1) is 11.3 Å². The average Bonchev–Trinajstić information content (AvgIpc) is 2.40. The number of hydrogen-bond donors (Lipinski definition) is 1. The molecule has 2 atom stereocenters. The summed E-state index contributed by atoms with van der Waals surface area (Å²) >= 11 is 3.58. The Labute approximate surface area is 132 Å². The molecule has 0 amide bonds. The molecule has 1 N–H and O–H groups in total. The van der Waals surface area contributed by atoms with Gasteiger partial charge in [0.25, 0.3) is 0 Å². The minimum Gasteiger partial charge on any atom is -0.382 e. The number of halogens is 1. The first-order chi connectivity index (χ1) is 9.41. The maximum atomic E-state index is 3.86. The molecule has 0 bridgehead atoms. The molecular formula is C18H28BrN. The van der Waals surface area contributed by atoms with Crippen LogP contribution in [0.1, 0.15) is 58.9 Å². The number of rotatable bonds is 3. The van der Waals surface area contributed by atoms with E-state index in [1.807, 2.05) is 0 Å². The van der Waals surface area contributed by atoms with Crippen molar-refractivity contribution in [3.8, 4) is 0 Å². The summed E-state index contributed by atoms with van der Waals surface area (Å²) in [7, 11) is 0. The van der Waals surface area contributed by atoms with Gasteiger partial charge in [-0.1, -0.05) is 56.5 Å². The number of benzene rings is 1. The standard InChI is InChI=1S/C18H28BrN/c1-5-13-12-14(19)10-11-16(13)20-17-9-7-6-8-15(17)18(2,3)4/h10-12,15,17,20H,5-9H2,1-4H3. The van der Waals surface area contributed by atoms with Crippen molar-refractivity contribution in [3.05, 3.63) is 28.2 Å². The van der Waals surface area contributed by atoms with E-state index in [2.05, 4.69) is 67.1 Å². The van der Waals surface area contributed by atoms with Crippen LogP contribution in [0.25, 0.3) is 0 Å². The maximum Gasteiger partial charge on any atom is 0.0375 e. The van der Waals surface area contributed by atoms with E-state index in [4.69, 9.17) is 0 Å². The third kappa shape index (κ3) is 3.78. The summed E-state index contributed by atoms with van der Waals surface area (Å²) < 4.78 is 1.18. The quantitative estimate of drug-likeness (QED) is 0.710. The minimum absolute atomic E-state index is 0.389. The fourth-order valence-corrected chi connectivity index (χ4v) is 3.94. The summed E-state index contributed by atoms with van der Waals surface area (Å²) in [5, 5.41) is 3.86. The van der Waals surface area contributed by atoms with Crippen LogP contribution in [0.3, 0.4) is 0 Å². The highest BCUT2D eigenvalue weighted by Crippen LogP contribution is 2.39. The molecule has 0 aliphatic heterocycles. The largest absolute Gasteiger partial charge is 0.382 e. The van der Waals surface area contributed by atoms with Gasteiger partial charge in [-0.3, -0.25) is 0 Å². The molecule has 1 aromatic carbocycles. The van der Waals surface area contributed by atoms with Crippen LogP contribution in [0.4, 0.5) is 5.69 Å². The van der Waals surface area contributed by atoms with Crippen molar-refractivity contribution in [3.63, 3.8) is 0 Å². The van der Waals surface area contributed by atoms with Gasteiger partial charge in [0, 0.05) is 16.2 Å². The third-order valence-electron chi connectivity index (χ3n) is 4.67. The van der Waals surface area contributed by atoms with Gasteiger partial charge in [-0.15, -0.1) is 0 Å². The molecule has 1 saturated carbocycles. The molecule has 112 valence electrons. The smallest absolute Gasteiger partial charge is 0.0375 e.